The van der Waals surface area contributed by atoms with Crippen molar-refractivity contribution in [2.45, 2.75) is 38.4 Å². The maximum atomic E-state index is 12.1. The van der Waals surface area contributed by atoms with Gasteiger partial charge in [-0.15, -0.1) is 11.3 Å². The molecule has 0 radical (unpaired) electrons. The van der Waals surface area contributed by atoms with Gasteiger partial charge in [-0.1, -0.05) is 6.07 Å². The number of urea groups is 1. The largest absolute Gasteiger partial charge is 0.338 e. The van der Waals surface area contributed by atoms with Crippen LogP contribution in [0.3, 0.4) is 0 Å². The number of nitrogens with zero attached hydrogens (tertiary/aromatic N) is 4. The van der Waals surface area contributed by atoms with E-state index in [0.29, 0.717) is 12.6 Å². The third-order valence-corrected chi connectivity index (χ3v) is 5.92. The summed E-state index contributed by atoms with van der Waals surface area (Å²) in [6.45, 7) is 5.40. The molecule has 1 unspecified atom stereocenters. The highest BCUT2D eigenvalue weighted by Gasteiger charge is 2.26. The summed E-state index contributed by atoms with van der Waals surface area (Å²) >= 11 is 1.81. The van der Waals surface area contributed by atoms with Crippen molar-refractivity contribution in [3.05, 3.63) is 40.3 Å². The molecule has 4 rings (SSSR count). The zero-order valence-corrected chi connectivity index (χ0v) is 15.2. The molecule has 0 aromatic carbocycles. The van der Waals surface area contributed by atoms with E-state index in [1.54, 1.807) is 0 Å². The number of nitrogens with one attached hydrogen (secondary N) is 1. The highest BCUT2D eigenvalue weighted by Crippen LogP contribution is 2.25. The van der Waals surface area contributed by atoms with Gasteiger partial charge in [0.15, 0.2) is 0 Å². The average Bonchev–Trinajstić information content (AvgIpc) is 3.36. The molecule has 1 fully saturated rings. The Hall–Kier alpha value is -1.86. The number of rotatable bonds is 5. The summed E-state index contributed by atoms with van der Waals surface area (Å²) in [6, 6.07) is 6.82. The summed E-state index contributed by atoms with van der Waals surface area (Å²) in [6.07, 6.45) is 5.06. The molecule has 1 N–H and O–H groups in total. The molecule has 2 aliphatic rings. The van der Waals surface area contributed by atoms with E-state index < -0.39 is 0 Å². The number of thiophene rings is 1. The van der Waals surface area contributed by atoms with Crippen LogP contribution < -0.4 is 5.32 Å². The van der Waals surface area contributed by atoms with Gasteiger partial charge < -0.3 is 10.2 Å². The Balaban J connectivity index is 1.34. The lowest BCUT2D eigenvalue weighted by atomic mass is 10.1. The molecule has 0 saturated carbocycles. The first kappa shape index (κ1) is 16.6. The minimum Gasteiger partial charge on any atom is -0.338 e. The van der Waals surface area contributed by atoms with Crippen LogP contribution in [0.1, 0.15) is 35.9 Å². The lowest BCUT2D eigenvalue weighted by molar-refractivity contribution is 0.161. The van der Waals surface area contributed by atoms with E-state index in [-0.39, 0.29) is 6.03 Å². The molecule has 2 aliphatic heterocycles. The second-order valence-corrected chi connectivity index (χ2v) is 7.92. The van der Waals surface area contributed by atoms with Crippen LogP contribution in [0.2, 0.25) is 0 Å². The Morgan fingerprint density at radius 3 is 3.00 bits per heavy atom. The summed E-state index contributed by atoms with van der Waals surface area (Å²) in [4.78, 5) is 17.9. The van der Waals surface area contributed by atoms with Crippen LogP contribution in [-0.4, -0.2) is 51.8 Å². The van der Waals surface area contributed by atoms with Gasteiger partial charge in [0.1, 0.15) is 0 Å². The van der Waals surface area contributed by atoms with Gasteiger partial charge in [0.25, 0.3) is 0 Å². The quantitative estimate of drug-likeness (QED) is 0.893. The summed E-state index contributed by atoms with van der Waals surface area (Å²) in [5.41, 5.74) is 1.26. The van der Waals surface area contributed by atoms with Crippen LogP contribution in [0.5, 0.6) is 0 Å². The number of hydrogen-bond acceptors (Lipinski definition) is 4. The smallest absolute Gasteiger partial charge is 0.317 e. The van der Waals surface area contributed by atoms with Gasteiger partial charge in [-0.3, -0.25) is 9.58 Å². The predicted molar refractivity (Wildman–Crippen MR) is 98.5 cm³/mol. The van der Waals surface area contributed by atoms with Crippen molar-refractivity contribution >= 4 is 17.4 Å². The van der Waals surface area contributed by atoms with E-state index in [1.165, 1.54) is 10.6 Å². The second-order valence-electron chi connectivity index (χ2n) is 6.88. The fourth-order valence-electron chi connectivity index (χ4n) is 3.80. The lowest BCUT2D eigenvalue weighted by Gasteiger charge is -2.33. The minimum absolute atomic E-state index is 0.0874. The normalized spacial score (nSPS) is 20.6. The molecule has 6 nitrogen and oxygen atoms in total. The van der Waals surface area contributed by atoms with Crippen LogP contribution in [0.25, 0.3) is 0 Å². The number of carbonyl (C=O) groups is 1. The van der Waals surface area contributed by atoms with Crippen molar-refractivity contribution < 1.29 is 4.79 Å². The van der Waals surface area contributed by atoms with Gasteiger partial charge in [-0.25, -0.2) is 4.79 Å². The van der Waals surface area contributed by atoms with E-state index in [2.05, 4.69) is 43.6 Å². The summed E-state index contributed by atoms with van der Waals surface area (Å²) < 4.78 is 2.15. The van der Waals surface area contributed by atoms with Gasteiger partial charge in [-0.05, 0) is 36.8 Å². The molecule has 25 heavy (non-hydrogen) atoms. The molecule has 0 aliphatic carbocycles. The van der Waals surface area contributed by atoms with E-state index >= 15 is 0 Å². The van der Waals surface area contributed by atoms with Crippen molar-refractivity contribution in [1.82, 2.24) is 24.9 Å². The standard InChI is InChI=1S/C18H25N5OS/c24-18(22-9-1-2-10-22)19-7-5-15-12-21(14-17-4-3-11-25-17)13-16-6-8-20-23(15)16/h3-4,6,8,11,15H,1-2,5,7,9-10,12-14H2,(H,19,24). The third-order valence-electron chi connectivity index (χ3n) is 5.06. The van der Waals surface area contributed by atoms with Crippen LogP contribution in [0, 0.1) is 0 Å². The summed E-state index contributed by atoms with van der Waals surface area (Å²) in [5, 5.41) is 9.73. The van der Waals surface area contributed by atoms with Gasteiger partial charge in [0, 0.05) is 50.3 Å². The Labute approximate surface area is 152 Å². The van der Waals surface area contributed by atoms with Gasteiger partial charge in [-0.2, -0.15) is 5.10 Å². The van der Waals surface area contributed by atoms with Crippen LogP contribution in [-0.2, 0) is 13.1 Å². The predicted octanol–water partition coefficient (Wildman–Crippen LogP) is 2.70. The average molecular weight is 359 g/mol. The van der Waals surface area contributed by atoms with E-state index in [0.717, 1.165) is 52.0 Å². The zero-order valence-electron chi connectivity index (χ0n) is 14.4. The van der Waals surface area contributed by atoms with Crippen molar-refractivity contribution in [2.75, 3.05) is 26.2 Å². The fraction of sp³-hybridized carbons (Fsp3) is 0.556. The Bertz CT molecular complexity index is 692. The number of aromatic nitrogens is 2. The van der Waals surface area contributed by atoms with Crippen LogP contribution >= 0.6 is 11.3 Å². The maximum Gasteiger partial charge on any atom is 0.317 e. The molecule has 2 aromatic rings. The fourth-order valence-corrected chi connectivity index (χ4v) is 4.55. The highest BCUT2D eigenvalue weighted by molar-refractivity contribution is 7.09. The Kier molecular flexibility index (Phi) is 5.03. The van der Waals surface area contributed by atoms with E-state index in [9.17, 15) is 4.79 Å². The molecule has 7 heteroatoms. The third kappa shape index (κ3) is 3.88. The van der Waals surface area contributed by atoms with Crippen molar-refractivity contribution in [3.8, 4) is 0 Å². The molecule has 0 bridgehead atoms. The topological polar surface area (TPSA) is 53.4 Å². The monoisotopic (exact) mass is 359 g/mol. The van der Waals surface area contributed by atoms with E-state index in [1.807, 2.05) is 22.4 Å². The zero-order chi connectivity index (χ0) is 17.1. The molecular formula is C18H25N5OS. The SMILES string of the molecule is O=C(NCCC1CN(Cc2cccs2)Cc2ccnn21)N1CCCC1. The molecule has 4 heterocycles. The van der Waals surface area contributed by atoms with E-state index in [4.69, 9.17) is 0 Å². The molecule has 1 saturated heterocycles. The maximum absolute atomic E-state index is 12.1. The number of fused-ring (bicyclic) bond motifs is 1. The summed E-state index contributed by atoms with van der Waals surface area (Å²) in [5.74, 6) is 0. The van der Waals surface area contributed by atoms with Crippen LogP contribution in [0.15, 0.2) is 29.8 Å². The number of hydrogen-bond donors (Lipinski definition) is 1. The first-order valence-corrected chi connectivity index (χ1v) is 9.97. The summed E-state index contributed by atoms with van der Waals surface area (Å²) in [7, 11) is 0. The second kappa shape index (κ2) is 7.58. The van der Waals surface area contributed by atoms with Crippen molar-refractivity contribution in [2.24, 2.45) is 0 Å². The van der Waals surface area contributed by atoms with Crippen molar-refractivity contribution in [3.63, 3.8) is 0 Å². The highest BCUT2D eigenvalue weighted by atomic mass is 32.1. The molecule has 0 spiro atoms. The van der Waals surface area contributed by atoms with Crippen molar-refractivity contribution in [1.29, 1.82) is 0 Å². The number of carbonyl (C=O) groups excluding carboxylic acids is 1. The first-order valence-electron chi connectivity index (χ1n) is 9.09. The Morgan fingerprint density at radius 1 is 1.32 bits per heavy atom. The first-order chi connectivity index (χ1) is 12.3. The molecule has 134 valence electrons. The van der Waals surface area contributed by atoms with Gasteiger partial charge in [0.2, 0.25) is 0 Å². The molecular weight excluding hydrogens is 334 g/mol. The lowest BCUT2D eigenvalue weighted by Crippen LogP contribution is -2.41. The van der Waals surface area contributed by atoms with Gasteiger partial charge in [0.05, 0.1) is 11.7 Å². The van der Waals surface area contributed by atoms with Crippen LogP contribution in [0.4, 0.5) is 4.79 Å². The number of amides is 2. The molecule has 2 amide bonds. The number of likely N-dealkylation sites (tertiary alicyclic amines) is 1. The minimum atomic E-state index is 0.0874. The molecule has 1 atom stereocenters. The molecule has 2 aromatic heterocycles. The van der Waals surface area contributed by atoms with Gasteiger partial charge >= 0.3 is 6.03 Å². The Morgan fingerprint density at radius 2 is 2.20 bits per heavy atom.